The number of hydrogen-bond acceptors (Lipinski definition) is 5. The molecule has 1 unspecified atom stereocenters. The smallest absolute Gasteiger partial charge is 0.243 e. The van der Waals surface area contributed by atoms with E-state index in [0.717, 1.165) is 12.8 Å². The molecule has 0 aromatic heterocycles. The highest BCUT2D eigenvalue weighted by Crippen LogP contribution is 2.33. The molecule has 1 amide bonds. The Hall–Kier alpha value is -2.29. The molecular formula is C21H23ClN2O5S. The SMILES string of the molecule is O=C(CC1CCCCN1S(=O)(=O)c1ccc(Cl)cc1)Nc1ccc2c(c1)OCCO2. The Labute approximate surface area is 181 Å². The highest BCUT2D eigenvalue weighted by molar-refractivity contribution is 7.89. The topological polar surface area (TPSA) is 84.9 Å². The molecule has 1 fully saturated rings. The first-order valence-electron chi connectivity index (χ1n) is 9.90. The third-order valence-electron chi connectivity index (χ3n) is 5.24. The van der Waals surface area contributed by atoms with Gasteiger partial charge in [-0.05, 0) is 49.2 Å². The average Bonchev–Trinajstić information content (AvgIpc) is 2.74. The summed E-state index contributed by atoms with van der Waals surface area (Å²) in [5.74, 6) is 0.991. The summed E-state index contributed by atoms with van der Waals surface area (Å²) in [6, 6.07) is 10.9. The van der Waals surface area contributed by atoms with Gasteiger partial charge in [-0.3, -0.25) is 4.79 Å². The van der Waals surface area contributed by atoms with Gasteiger partial charge >= 0.3 is 0 Å². The van der Waals surface area contributed by atoms with Crippen molar-refractivity contribution >= 4 is 33.2 Å². The van der Waals surface area contributed by atoms with E-state index in [1.807, 2.05) is 0 Å². The van der Waals surface area contributed by atoms with E-state index >= 15 is 0 Å². The number of amides is 1. The minimum atomic E-state index is -3.70. The van der Waals surface area contributed by atoms with Gasteiger partial charge in [-0.15, -0.1) is 0 Å². The van der Waals surface area contributed by atoms with Crippen molar-refractivity contribution in [3.63, 3.8) is 0 Å². The Kier molecular flexibility index (Phi) is 6.17. The molecule has 0 aliphatic carbocycles. The first-order chi connectivity index (χ1) is 14.4. The van der Waals surface area contributed by atoms with Crippen LogP contribution in [0.3, 0.4) is 0 Å². The number of nitrogens with one attached hydrogen (secondary N) is 1. The number of ether oxygens (including phenoxy) is 2. The maximum Gasteiger partial charge on any atom is 0.243 e. The molecule has 160 valence electrons. The molecule has 2 aliphatic rings. The van der Waals surface area contributed by atoms with Crippen molar-refractivity contribution in [2.75, 3.05) is 25.1 Å². The number of fused-ring (bicyclic) bond motifs is 1. The number of anilines is 1. The lowest BCUT2D eigenvalue weighted by atomic mass is 10.0. The zero-order valence-electron chi connectivity index (χ0n) is 16.3. The van der Waals surface area contributed by atoms with Crippen molar-refractivity contribution in [3.05, 3.63) is 47.5 Å². The van der Waals surface area contributed by atoms with Crippen LogP contribution in [-0.4, -0.2) is 44.4 Å². The van der Waals surface area contributed by atoms with Crippen LogP contribution in [0.5, 0.6) is 11.5 Å². The molecule has 0 spiro atoms. The van der Waals surface area contributed by atoms with E-state index in [9.17, 15) is 13.2 Å². The highest BCUT2D eigenvalue weighted by atomic mass is 35.5. The maximum atomic E-state index is 13.1. The van der Waals surface area contributed by atoms with E-state index < -0.39 is 16.1 Å². The van der Waals surface area contributed by atoms with Crippen LogP contribution < -0.4 is 14.8 Å². The summed E-state index contributed by atoms with van der Waals surface area (Å²) in [5, 5.41) is 3.32. The van der Waals surface area contributed by atoms with Crippen LogP contribution in [0, 0.1) is 0 Å². The number of nitrogens with zero attached hydrogens (tertiary/aromatic N) is 1. The molecule has 4 rings (SSSR count). The van der Waals surface area contributed by atoms with Crippen molar-refractivity contribution in [2.45, 2.75) is 36.6 Å². The van der Waals surface area contributed by atoms with E-state index in [1.54, 1.807) is 30.3 Å². The van der Waals surface area contributed by atoms with Gasteiger partial charge in [-0.2, -0.15) is 4.31 Å². The molecule has 7 nitrogen and oxygen atoms in total. The lowest BCUT2D eigenvalue weighted by Crippen LogP contribution is -2.45. The van der Waals surface area contributed by atoms with Crippen LogP contribution in [0.25, 0.3) is 0 Å². The summed E-state index contributed by atoms with van der Waals surface area (Å²) in [4.78, 5) is 12.9. The van der Waals surface area contributed by atoms with Gasteiger partial charge in [0.05, 0.1) is 4.90 Å². The Morgan fingerprint density at radius 2 is 1.80 bits per heavy atom. The number of hydrogen-bond donors (Lipinski definition) is 1. The van der Waals surface area contributed by atoms with Crippen molar-refractivity contribution in [2.24, 2.45) is 0 Å². The molecule has 2 heterocycles. The van der Waals surface area contributed by atoms with Gasteiger partial charge in [0.1, 0.15) is 13.2 Å². The van der Waals surface area contributed by atoms with Crippen LogP contribution in [0.4, 0.5) is 5.69 Å². The Balaban J connectivity index is 1.46. The van der Waals surface area contributed by atoms with Crippen molar-refractivity contribution in [1.82, 2.24) is 4.31 Å². The average molecular weight is 451 g/mol. The molecule has 1 atom stereocenters. The third kappa shape index (κ3) is 4.55. The first kappa shape index (κ1) is 21.0. The fraction of sp³-hybridized carbons (Fsp3) is 0.381. The molecule has 9 heteroatoms. The normalized spacial score (nSPS) is 19.3. The second-order valence-corrected chi connectivity index (χ2v) is 9.66. The van der Waals surface area contributed by atoms with Gasteiger partial charge in [0.15, 0.2) is 11.5 Å². The van der Waals surface area contributed by atoms with Crippen molar-refractivity contribution < 1.29 is 22.7 Å². The number of benzene rings is 2. The van der Waals surface area contributed by atoms with Gasteiger partial charge in [0, 0.05) is 35.8 Å². The van der Waals surface area contributed by atoms with Crippen LogP contribution in [0.2, 0.25) is 5.02 Å². The second kappa shape index (κ2) is 8.83. The quantitative estimate of drug-likeness (QED) is 0.751. The number of halogens is 1. The molecule has 0 radical (unpaired) electrons. The van der Waals surface area contributed by atoms with E-state index in [0.29, 0.717) is 48.4 Å². The zero-order valence-corrected chi connectivity index (χ0v) is 17.9. The van der Waals surface area contributed by atoms with Gasteiger partial charge in [-0.25, -0.2) is 8.42 Å². The molecule has 0 bridgehead atoms. The van der Waals surface area contributed by atoms with Crippen LogP contribution in [0.1, 0.15) is 25.7 Å². The fourth-order valence-corrected chi connectivity index (χ4v) is 5.60. The zero-order chi connectivity index (χ0) is 21.1. The van der Waals surface area contributed by atoms with Crippen molar-refractivity contribution in [3.8, 4) is 11.5 Å². The Morgan fingerprint density at radius 3 is 2.57 bits per heavy atom. The van der Waals surface area contributed by atoms with Gasteiger partial charge in [0.2, 0.25) is 15.9 Å². The van der Waals surface area contributed by atoms with E-state index in [2.05, 4.69) is 5.32 Å². The Morgan fingerprint density at radius 1 is 1.07 bits per heavy atom. The van der Waals surface area contributed by atoms with E-state index in [4.69, 9.17) is 21.1 Å². The van der Waals surface area contributed by atoms with Gasteiger partial charge < -0.3 is 14.8 Å². The van der Waals surface area contributed by atoms with Crippen LogP contribution in [0.15, 0.2) is 47.4 Å². The summed E-state index contributed by atoms with van der Waals surface area (Å²) in [5.41, 5.74) is 0.590. The van der Waals surface area contributed by atoms with E-state index in [-0.39, 0.29) is 17.2 Å². The summed E-state index contributed by atoms with van der Waals surface area (Å²) in [6.07, 6.45) is 2.38. The lowest BCUT2D eigenvalue weighted by Gasteiger charge is -2.34. The minimum Gasteiger partial charge on any atom is -0.486 e. The minimum absolute atomic E-state index is 0.0846. The summed E-state index contributed by atoms with van der Waals surface area (Å²) >= 11 is 5.89. The van der Waals surface area contributed by atoms with Gasteiger partial charge in [-0.1, -0.05) is 18.0 Å². The standard InChI is InChI=1S/C21H23ClN2O5S/c22-15-4-7-18(8-5-15)30(26,27)24-10-2-1-3-17(24)14-21(25)23-16-6-9-19-20(13-16)29-12-11-28-19/h4-9,13,17H,1-3,10-12,14H2,(H,23,25). The molecule has 1 N–H and O–H groups in total. The summed E-state index contributed by atoms with van der Waals surface area (Å²) in [6.45, 7) is 1.36. The molecule has 30 heavy (non-hydrogen) atoms. The van der Waals surface area contributed by atoms with Crippen molar-refractivity contribution in [1.29, 1.82) is 0 Å². The molecule has 1 saturated heterocycles. The van der Waals surface area contributed by atoms with Crippen LogP contribution in [-0.2, 0) is 14.8 Å². The highest BCUT2D eigenvalue weighted by Gasteiger charge is 2.34. The lowest BCUT2D eigenvalue weighted by molar-refractivity contribution is -0.117. The molecule has 2 aliphatic heterocycles. The summed E-state index contributed by atoms with van der Waals surface area (Å²) in [7, 11) is -3.70. The maximum absolute atomic E-state index is 13.1. The molecule has 0 saturated carbocycles. The van der Waals surface area contributed by atoms with Gasteiger partial charge in [0.25, 0.3) is 0 Å². The Bertz CT molecular complexity index is 1030. The largest absolute Gasteiger partial charge is 0.486 e. The predicted octanol–water partition coefficient (Wildman–Crippen LogP) is 3.68. The molecule has 2 aromatic rings. The predicted molar refractivity (Wildman–Crippen MR) is 114 cm³/mol. The fourth-order valence-electron chi connectivity index (χ4n) is 3.78. The first-order valence-corrected chi connectivity index (χ1v) is 11.7. The number of rotatable bonds is 5. The number of sulfonamides is 1. The molecular weight excluding hydrogens is 428 g/mol. The summed E-state index contributed by atoms with van der Waals surface area (Å²) < 4.78 is 38.7. The number of carbonyl (C=O) groups excluding carboxylic acids is 1. The van der Waals surface area contributed by atoms with E-state index in [1.165, 1.54) is 16.4 Å². The molecule has 2 aromatic carbocycles. The van der Waals surface area contributed by atoms with Crippen LogP contribution >= 0.6 is 11.6 Å². The second-order valence-electron chi connectivity index (χ2n) is 7.33. The number of piperidine rings is 1. The monoisotopic (exact) mass is 450 g/mol. The third-order valence-corrected chi connectivity index (χ3v) is 7.46. The number of carbonyl (C=O) groups is 1.